The van der Waals surface area contributed by atoms with Crippen molar-refractivity contribution < 1.29 is 8.83 Å². The average molecular weight is 894 g/mol. The first-order valence-electron chi connectivity index (χ1n) is 15.6. The highest BCUT2D eigenvalue weighted by molar-refractivity contribution is 15.0. The van der Waals surface area contributed by atoms with E-state index in [1.165, 1.54) is 0 Å². The molecule has 10 heteroatoms. The number of nitrogens with one attached hydrogen (secondary N) is 1. The molecule has 2 aromatic heterocycles. The van der Waals surface area contributed by atoms with Crippen LogP contribution in [0.5, 0.6) is 0 Å². The summed E-state index contributed by atoms with van der Waals surface area (Å²) in [6.07, 6.45) is 3.33. The van der Waals surface area contributed by atoms with Crippen LogP contribution in [0.25, 0.3) is 22.6 Å². The van der Waals surface area contributed by atoms with Gasteiger partial charge in [-0.2, -0.15) is 0 Å². The second-order valence-corrected chi connectivity index (χ2v) is 7.96. The van der Waals surface area contributed by atoms with Crippen LogP contribution in [0.15, 0.2) is 143 Å². The van der Waals surface area contributed by atoms with Crippen LogP contribution >= 0.6 is 48.8 Å². The van der Waals surface area contributed by atoms with Gasteiger partial charge in [-0.3, -0.25) is 0 Å². The summed E-state index contributed by atoms with van der Waals surface area (Å²) in [4.78, 5) is 8.00. The van der Waals surface area contributed by atoms with Gasteiger partial charge in [0.15, 0.2) is 11.5 Å². The first-order valence-corrected chi connectivity index (χ1v) is 22.3. The Morgan fingerprint density at radius 3 is 1.25 bits per heavy atom. The summed E-state index contributed by atoms with van der Waals surface area (Å²) in [7, 11) is 0. The Bertz CT molecular complexity index is 1480. The summed E-state index contributed by atoms with van der Waals surface area (Å²) >= 11 is 9.77. The van der Waals surface area contributed by atoms with E-state index in [1.54, 1.807) is 12.4 Å². The molecule has 0 saturated heterocycles. The third kappa shape index (κ3) is 21.6. The summed E-state index contributed by atoms with van der Waals surface area (Å²) in [5.41, 5.74) is 9.14. The molecular formula is C38H49BClI2N4O2. The molecular weight excluding hydrogens is 845 g/mol. The minimum absolute atomic E-state index is 0. The van der Waals surface area contributed by atoms with E-state index in [1.807, 2.05) is 177 Å². The van der Waals surface area contributed by atoms with Crippen LogP contribution in [-0.2, 0) is 0 Å². The van der Waals surface area contributed by atoms with Gasteiger partial charge < -0.3 is 19.9 Å². The maximum Gasteiger partial charge on any atom is 0.299 e. The topological polar surface area (TPSA) is 90.1 Å². The summed E-state index contributed by atoms with van der Waals surface area (Å²) in [5.74, 6) is 1.45. The van der Waals surface area contributed by atoms with Crippen LogP contribution in [0.4, 0.5) is 17.4 Å². The number of nitrogens with zero attached hydrogens (tertiary/aromatic N) is 2. The molecule has 0 aliphatic heterocycles. The number of benzene rings is 4. The molecule has 0 unspecified atom stereocenters. The van der Waals surface area contributed by atoms with E-state index in [-0.39, 0.29) is 13.8 Å². The molecule has 3 N–H and O–H groups in total. The fourth-order valence-corrected chi connectivity index (χ4v) is 3.29. The number of nitrogens with two attached hydrogens (primary N) is 1. The van der Waals surface area contributed by atoms with Gasteiger partial charge in [0, 0.05) is 68.1 Å². The minimum atomic E-state index is 0. The van der Waals surface area contributed by atoms with Crippen molar-refractivity contribution in [3.63, 3.8) is 0 Å². The number of halogens is 3. The Hall–Kier alpha value is -3.29. The van der Waals surface area contributed by atoms with Gasteiger partial charge in [0.1, 0.15) is 0 Å². The third-order valence-electron chi connectivity index (χ3n) is 4.92. The number of rotatable bonds is 4. The Labute approximate surface area is 319 Å². The second-order valence-electron chi connectivity index (χ2n) is 7.64. The van der Waals surface area contributed by atoms with Crippen LogP contribution in [0.3, 0.4) is 0 Å². The van der Waals surface area contributed by atoms with Crippen LogP contribution in [-0.4, -0.2) is 18.4 Å². The maximum absolute atomic E-state index is 5.65. The molecule has 0 spiro atoms. The van der Waals surface area contributed by atoms with Crippen molar-refractivity contribution in [2.24, 2.45) is 0 Å². The van der Waals surface area contributed by atoms with Gasteiger partial charge in [0.25, 0.3) is 11.4 Å². The van der Waals surface area contributed by atoms with Gasteiger partial charge in [-0.05, 0) is 35.9 Å². The van der Waals surface area contributed by atoms with Crippen molar-refractivity contribution in [3.05, 3.63) is 139 Å². The highest BCUT2D eigenvalue weighted by Gasteiger charge is 2.05. The zero-order valence-corrected chi connectivity index (χ0v) is 34.3. The summed E-state index contributed by atoms with van der Waals surface area (Å²) in [5, 5.41) is 3.29. The molecule has 0 fully saturated rings. The molecule has 3 radical (unpaired) electrons. The van der Waals surface area contributed by atoms with Gasteiger partial charge >= 0.3 is 0 Å². The van der Waals surface area contributed by atoms with Crippen molar-refractivity contribution in [2.75, 3.05) is 11.1 Å². The van der Waals surface area contributed by atoms with Crippen LogP contribution in [0.2, 0.25) is 5.35 Å². The van der Waals surface area contributed by atoms with Gasteiger partial charge in [-0.15, -0.1) is 0 Å². The van der Waals surface area contributed by atoms with Gasteiger partial charge in [-0.25, -0.2) is 9.97 Å². The number of hydrogen-bond acceptors (Lipinski definition) is 6. The van der Waals surface area contributed by atoms with Crippen molar-refractivity contribution in [1.82, 2.24) is 9.97 Å². The van der Waals surface area contributed by atoms with E-state index in [4.69, 9.17) is 26.2 Å². The smallest absolute Gasteiger partial charge is 0.299 e. The lowest BCUT2D eigenvalue weighted by molar-refractivity contribution is 0.574. The predicted molar refractivity (Wildman–Crippen MR) is 229 cm³/mol. The molecule has 0 saturated carbocycles. The van der Waals surface area contributed by atoms with E-state index in [2.05, 4.69) is 52.5 Å². The first kappa shape index (κ1) is 49.1. The van der Waals surface area contributed by atoms with Crippen LogP contribution in [0, 0.1) is 0 Å². The van der Waals surface area contributed by atoms with Crippen molar-refractivity contribution in [2.45, 2.75) is 55.4 Å². The molecule has 6 aromatic rings. The highest BCUT2D eigenvalue weighted by Crippen LogP contribution is 2.24. The highest BCUT2D eigenvalue weighted by atomic mass is 128. The van der Waals surface area contributed by atoms with Crippen LogP contribution < -0.4 is 11.1 Å². The zero-order valence-electron chi connectivity index (χ0n) is 29.2. The molecule has 0 amide bonds. The lowest BCUT2D eigenvalue weighted by Gasteiger charge is -2.00. The molecule has 4 aromatic carbocycles. The monoisotopic (exact) mass is 893 g/mol. The summed E-state index contributed by atoms with van der Waals surface area (Å²) in [6, 6.07) is 39.4. The molecule has 257 valence electrons. The number of hydrogen-bond donors (Lipinski definition) is 2. The number of nitrogen functional groups attached to an aromatic ring is 1. The molecule has 48 heavy (non-hydrogen) atoms. The van der Waals surface area contributed by atoms with Gasteiger partial charge in [-0.1, -0.05) is 152 Å². The van der Waals surface area contributed by atoms with E-state index in [9.17, 15) is 0 Å². The van der Waals surface area contributed by atoms with E-state index in [0.29, 0.717) is 11.8 Å². The Balaban J connectivity index is -0.000000588. The maximum atomic E-state index is 5.65. The van der Waals surface area contributed by atoms with Crippen molar-refractivity contribution in [1.29, 1.82) is 0 Å². The van der Waals surface area contributed by atoms with E-state index in [0.717, 1.165) is 28.3 Å². The standard InChI is InChI=1S/C15H12N2O.C9H6ClNO.C6H7N.4C2H6.B.I2/c1-3-7-12(8-4-1)14-11-16-15(18-14)17-13-9-5-2-6-10-13;10-9-11-6-8(12-9)7-4-2-1-3-5-7;7-6-4-2-1-3-5-6;4*1-2;;1-2/h1-11H,(H,16,17);1-6H;1-5H,7H2;4*1-2H3;;. The molecule has 6 nitrogen and oxygen atoms in total. The second kappa shape index (κ2) is 35.0. The van der Waals surface area contributed by atoms with Gasteiger partial charge in [0.05, 0.1) is 12.4 Å². The molecule has 0 aliphatic carbocycles. The number of oxazole rings is 2. The normalized spacial score (nSPS) is 8.23. The summed E-state index contributed by atoms with van der Waals surface area (Å²) in [6.45, 7) is 16.0. The van der Waals surface area contributed by atoms with Crippen molar-refractivity contribution in [3.8, 4) is 22.6 Å². The number of anilines is 3. The quantitative estimate of drug-likeness (QED) is 0.104. The summed E-state index contributed by atoms with van der Waals surface area (Å²) < 4.78 is 10.8. The van der Waals surface area contributed by atoms with Gasteiger partial charge in [0.2, 0.25) is 0 Å². The Morgan fingerprint density at radius 2 is 0.896 bits per heavy atom. The largest absolute Gasteiger partial charge is 0.428 e. The van der Waals surface area contributed by atoms with E-state index < -0.39 is 0 Å². The average Bonchev–Trinajstić information content (AvgIpc) is 3.84. The molecule has 2 heterocycles. The number of aromatic nitrogens is 2. The SMILES string of the molecule is CC.CC.CC.CC.Clc1ncc(-c2ccccc2)o1.II.Nc1ccccc1.[B].c1ccc(Nc2ncc(-c3ccccc3)o2)cc1. The molecule has 6 rings (SSSR count). The Kier molecular flexibility index (Phi) is 35.8. The minimum Gasteiger partial charge on any atom is -0.428 e. The lowest BCUT2D eigenvalue weighted by Crippen LogP contribution is -1.88. The number of para-hydroxylation sites is 2. The lowest BCUT2D eigenvalue weighted by atomic mass is 10.2. The zero-order chi connectivity index (χ0) is 35.7. The first-order chi connectivity index (χ1) is 23.2. The predicted octanol–water partition coefficient (Wildman–Crippen LogP) is 13.8. The molecule has 0 aliphatic rings. The fraction of sp³-hybridized carbons (Fsp3) is 0.211. The molecule has 0 bridgehead atoms. The Morgan fingerprint density at radius 1 is 0.542 bits per heavy atom. The fourth-order valence-electron chi connectivity index (χ4n) is 3.15. The molecule has 0 atom stereocenters. The van der Waals surface area contributed by atoms with Crippen LogP contribution in [0.1, 0.15) is 55.4 Å². The van der Waals surface area contributed by atoms with Crippen molar-refractivity contribution >= 4 is 74.6 Å². The van der Waals surface area contributed by atoms with E-state index >= 15 is 0 Å². The third-order valence-corrected chi connectivity index (χ3v) is 5.10.